The summed E-state index contributed by atoms with van der Waals surface area (Å²) in [7, 11) is 0. The molecule has 2 aromatic heterocycles. The van der Waals surface area contributed by atoms with Gasteiger partial charge >= 0.3 is 0 Å². The van der Waals surface area contributed by atoms with Crippen LogP contribution in [0, 0.1) is 0 Å². The molecule has 2 atom stereocenters. The third-order valence-electron chi connectivity index (χ3n) is 2.90. The first-order chi connectivity index (χ1) is 8.29. The Hall–Kier alpha value is -1.80. The minimum atomic E-state index is -0.140. The Kier molecular flexibility index (Phi) is 2.37. The van der Waals surface area contributed by atoms with Gasteiger partial charge in [-0.2, -0.15) is 0 Å². The van der Waals surface area contributed by atoms with E-state index in [0.29, 0.717) is 30.0 Å². The number of anilines is 1. The van der Waals surface area contributed by atoms with E-state index in [4.69, 9.17) is 15.6 Å². The summed E-state index contributed by atoms with van der Waals surface area (Å²) in [4.78, 5) is 7.98. The first-order valence-corrected chi connectivity index (χ1v) is 5.33. The number of hydrogen-bond donors (Lipinski definition) is 2. The molecule has 17 heavy (non-hydrogen) atoms. The van der Waals surface area contributed by atoms with Crippen molar-refractivity contribution in [1.82, 2.24) is 25.0 Å². The summed E-state index contributed by atoms with van der Waals surface area (Å²) in [6.07, 6.45) is 1.94. The zero-order chi connectivity index (χ0) is 11.8. The molecule has 90 valence electrons. The number of ether oxygens (including phenoxy) is 1. The molecule has 0 saturated carbocycles. The maximum absolute atomic E-state index is 9.02. The van der Waals surface area contributed by atoms with Gasteiger partial charge in [0.2, 0.25) is 0 Å². The molecule has 1 fully saturated rings. The summed E-state index contributed by atoms with van der Waals surface area (Å²) in [5.41, 5.74) is 6.79. The summed E-state index contributed by atoms with van der Waals surface area (Å²) in [6.45, 7) is 0.508. The molecule has 3 heterocycles. The van der Waals surface area contributed by atoms with Crippen molar-refractivity contribution in [3.05, 3.63) is 6.33 Å². The molecule has 0 spiro atoms. The van der Waals surface area contributed by atoms with Gasteiger partial charge in [-0.1, -0.05) is 5.21 Å². The number of nitrogen functional groups attached to an aromatic ring is 1. The van der Waals surface area contributed by atoms with Gasteiger partial charge < -0.3 is 15.6 Å². The molecule has 8 heteroatoms. The fraction of sp³-hybridized carbons (Fsp3) is 0.556. The molecule has 0 unspecified atom stereocenters. The number of aromatic nitrogens is 5. The van der Waals surface area contributed by atoms with Crippen LogP contribution in [0.25, 0.3) is 11.2 Å². The summed E-state index contributed by atoms with van der Waals surface area (Å²) in [6, 6.07) is 0.0337. The van der Waals surface area contributed by atoms with E-state index in [1.165, 1.54) is 6.33 Å². The average Bonchev–Trinajstić information content (AvgIpc) is 2.94. The van der Waals surface area contributed by atoms with Crippen LogP contribution in [0.1, 0.15) is 12.5 Å². The number of hydrogen-bond acceptors (Lipinski definition) is 7. The van der Waals surface area contributed by atoms with Crippen molar-refractivity contribution < 1.29 is 9.84 Å². The highest BCUT2D eigenvalue weighted by Gasteiger charge is 2.28. The molecule has 0 amide bonds. The maximum atomic E-state index is 9.02. The molecule has 1 aliphatic heterocycles. The van der Waals surface area contributed by atoms with Gasteiger partial charge in [0.15, 0.2) is 17.0 Å². The molecule has 0 radical (unpaired) electrons. The van der Waals surface area contributed by atoms with Crippen LogP contribution in [0.15, 0.2) is 6.33 Å². The highest BCUT2D eigenvalue weighted by molar-refractivity contribution is 5.80. The molecule has 8 nitrogen and oxygen atoms in total. The largest absolute Gasteiger partial charge is 0.394 e. The van der Waals surface area contributed by atoms with E-state index in [-0.39, 0.29) is 18.8 Å². The normalized spacial score (nSPS) is 24.5. The first kappa shape index (κ1) is 10.4. The fourth-order valence-electron chi connectivity index (χ4n) is 2.01. The van der Waals surface area contributed by atoms with Crippen molar-refractivity contribution in [3.8, 4) is 0 Å². The minimum absolute atomic E-state index is 0.0141. The first-order valence-electron chi connectivity index (χ1n) is 5.33. The van der Waals surface area contributed by atoms with Gasteiger partial charge in [-0.15, -0.1) is 5.10 Å². The van der Waals surface area contributed by atoms with Crippen LogP contribution in [-0.2, 0) is 4.74 Å². The summed E-state index contributed by atoms with van der Waals surface area (Å²) in [5.74, 6) is 0.318. The number of nitrogens with two attached hydrogens (primary N) is 1. The number of aliphatic hydroxyl groups excluding tert-OH is 1. The molecular formula is C9H12N6O2. The maximum Gasteiger partial charge on any atom is 0.184 e. The van der Waals surface area contributed by atoms with Crippen molar-refractivity contribution in [2.45, 2.75) is 18.6 Å². The van der Waals surface area contributed by atoms with Crippen LogP contribution in [0.2, 0.25) is 0 Å². The van der Waals surface area contributed by atoms with Gasteiger partial charge in [0.1, 0.15) is 6.33 Å². The Morgan fingerprint density at radius 2 is 2.41 bits per heavy atom. The highest BCUT2D eigenvalue weighted by atomic mass is 16.5. The van der Waals surface area contributed by atoms with Gasteiger partial charge in [0, 0.05) is 6.42 Å². The molecule has 3 rings (SSSR count). The topological polar surface area (TPSA) is 112 Å². The Bertz CT molecular complexity index is 541. The predicted octanol–water partition coefficient (Wildman–Crippen LogP) is -0.874. The monoisotopic (exact) mass is 236 g/mol. The Morgan fingerprint density at radius 3 is 3.18 bits per heavy atom. The SMILES string of the molecule is Nc1ncnc2c1nnn2[C@@H]1CO[C@H](CO)C1. The average molecular weight is 236 g/mol. The summed E-state index contributed by atoms with van der Waals surface area (Å²) in [5, 5.41) is 17.0. The molecule has 0 bridgehead atoms. The van der Waals surface area contributed by atoms with Gasteiger partial charge in [-0.05, 0) is 0 Å². The van der Waals surface area contributed by atoms with Crippen molar-refractivity contribution in [3.63, 3.8) is 0 Å². The van der Waals surface area contributed by atoms with Crippen LogP contribution >= 0.6 is 0 Å². The van der Waals surface area contributed by atoms with Crippen molar-refractivity contribution in [1.29, 1.82) is 0 Å². The van der Waals surface area contributed by atoms with Crippen LogP contribution in [0.5, 0.6) is 0 Å². The molecule has 1 aliphatic rings. The third-order valence-corrected chi connectivity index (χ3v) is 2.90. The van der Waals surface area contributed by atoms with Crippen molar-refractivity contribution >= 4 is 17.0 Å². The lowest BCUT2D eigenvalue weighted by molar-refractivity contribution is 0.0573. The van der Waals surface area contributed by atoms with E-state index >= 15 is 0 Å². The molecular weight excluding hydrogens is 224 g/mol. The molecule has 3 N–H and O–H groups in total. The van der Waals surface area contributed by atoms with E-state index < -0.39 is 0 Å². The Balaban J connectivity index is 1.99. The molecule has 1 saturated heterocycles. The second-order valence-electron chi connectivity index (χ2n) is 3.99. The van der Waals surface area contributed by atoms with Crippen molar-refractivity contribution in [2.75, 3.05) is 18.9 Å². The Labute approximate surface area is 96.4 Å². The minimum Gasteiger partial charge on any atom is -0.394 e. The lowest BCUT2D eigenvalue weighted by Crippen LogP contribution is -2.13. The fourth-order valence-corrected chi connectivity index (χ4v) is 2.01. The zero-order valence-corrected chi connectivity index (χ0v) is 9.02. The van der Waals surface area contributed by atoms with Gasteiger partial charge in [-0.3, -0.25) is 0 Å². The van der Waals surface area contributed by atoms with Crippen LogP contribution in [-0.4, -0.2) is 49.4 Å². The molecule has 2 aromatic rings. The summed E-state index contributed by atoms with van der Waals surface area (Å²) < 4.78 is 7.09. The zero-order valence-electron chi connectivity index (χ0n) is 9.02. The lowest BCUT2D eigenvalue weighted by Gasteiger charge is -2.07. The van der Waals surface area contributed by atoms with Crippen LogP contribution < -0.4 is 5.73 Å². The van der Waals surface area contributed by atoms with E-state index in [1.54, 1.807) is 4.68 Å². The van der Waals surface area contributed by atoms with Gasteiger partial charge in [0.05, 0.1) is 25.4 Å². The third kappa shape index (κ3) is 1.61. The summed E-state index contributed by atoms with van der Waals surface area (Å²) >= 11 is 0. The Morgan fingerprint density at radius 1 is 1.53 bits per heavy atom. The number of nitrogens with zero attached hydrogens (tertiary/aromatic N) is 5. The van der Waals surface area contributed by atoms with Crippen LogP contribution in [0.3, 0.4) is 0 Å². The van der Waals surface area contributed by atoms with E-state index in [2.05, 4.69) is 20.3 Å². The smallest absolute Gasteiger partial charge is 0.184 e. The predicted molar refractivity (Wildman–Crippen MR) is 58.0 cm³/mol. The van der Waals surface area contributed by atoms with Crippen molar-refractivity contribution in [2.24, 2.45) is 0 Å². The number of fused-ring (bicyclic) bond motifs is 1. The number of rotatable bonds is 2. The van der Waals surface area contributed by atoms with Crippen LogP contribution in [0.4, 0.5) is 5.82 Å². The highest BCUT2D eigenvalue weighted by Crippen LogP contribution is 2.26. The van der Waals surface area contributed by atoms with E-state index in [9.17, 15) is 0 Å². The standard InChI is InChI=1S/C9H12N6O2/c10-8-7-9(12-4-11-8)15(14-13-7)5-1-6(2-16)17-3-5/h4-6,16H,1-3H2,(H2,10,11,12)/t5-,6-/m0/s1. The van der Waals surface area contributed by atoms with E-state index in [0.717, 1.165) is 0 Å². The van der Waals surface area contributed by atoms with E-state index in [1.807, 2.05) is 0 Å². The lowest BCUT2D eigenvalue weighted by atomic mass is 10.2. The molecule has 0 aromatic carbocycles. The number of aliphatic hydroxyl groups is 1. The second kappa shape index (κ2) is 3.90. The second-order valence-corrected chi connectivity index (χ2v) is 3.99. The van der Waals surface area contributed by atoms with Gasteiger partial charge in [0.25, 0.3) is 0 Å². The quantitative estimate of drug-likeness (QED) is 0.696. The van der Waals surface area contributed by atoms with Gasteiger partial charge in [-0.25, -0.2) is 14.6 Å². The molecule has 0 aliphatic carbocycles.